The van der Waals surface area contributed by atoms with Crippen LogP contribution in [0.5, 0.6) is 17.4 Å². The van der Waals surface area contributed by atoms with E-state index in [1.54, 1.807) is 35.1 Å². The van der Waals surface area contributed by atoms with Crippen molar-refractivity contribution in [3.8, 4) is 28.8 Å². The van der Waals surface area contributed by atoms with Crippen molar-refractivity contribution in [2.75, 3.05) is 0 Å². The molecule has 0 aliphatic carbocycles. The van der Waals surface area contributed by atoms with Crippen LogP contribution in [-0.4, -0.2) is 24.7 Å². The molecule has 6 rings (SSSR count). The average molecular weight is 410 g/mol. The van der Waals surface area contributed by atoms with E-state index in [2.05, 4.69) is 10.1 Å². The highest BCUT2D eigenvalue weighted by Crippen LogP contribution is 2.48. The SMILES string of the molecule is Oc1ccc2c(c1)Oc1ncn3nc(-c4ccc(F)cc4)nc3c1[C@@H]2c1ccccc1. The lowest BCUT2D eigenvalue weighted by Gasteiger charge is -2.27. The fourth-order valence-corrected chi connectivity index (χ4v) is 4.02. The third-order valence-electron chi connectivity index (χ3n) is 5.43. The first-order valence-electron chi connectivity index (χ1n) is 9.74. The Bertz CT molecular complexity index is 1430. The van der Waals surface area contributed by atoms with Crippen LogP contribution in [0.4, 0.5) is 4.39 Å². The van der Waals surface area contributed by atoms with Crippen molar-refractivity contribution in [1.29, 1.82) is 0 Å². The number of halogens is 1. The van der Waals surface area contributed by atoms with Gasteiger partial charge in [-0.1, -0.05) is 36.4 Å². The van der Waals surface area contributed by atoms with Crippen LogP contribution in [0.3, 0.4) is 0 Å². The molecule has 0 bridgehead atoms. The minimum absolute atomic E-state index is 0.121. The van der Waals surface area contributed by atoms with Gasteiger partial charge in [0.05, 0.1) is 5.56 Å². The van der Waals surface area contributed by atoms with E-state index >= 15 is 0 Å². The fourth-order valence-electron chi connectivity index (χ4n) is 4.02. The Morgan fingerprint density at radius 1 is 0.968 bits per heavy atom. The van der Waals surface area contributed by atoms with E-state index in [4.69, 9.17) is 9.72 Å². The molecule has 2 aromatic heterocycles. The first-order chi connectivity index (χ1) is 15.2. The molecule has 1 aliphatic rings. The molecular formula is C24H15FN4O2. The van der Waals surface area contributed by atoms with E-state index in [1.165, 1.54) is 12.1 Å². The summed E-state index contributed by atoms with van der Waals surface area (Å²) in [6, 6.07) is 21.1. The summed E-state index contributed by atoms with van der Waals surface area (Å²) in [7, 11) is 0. The Labute approximate surface area is 176 Å². The zero-order valence-electron chi connectivity index (χ0n) is 16.1. The normalized spacial score (nSPS) is 14.7. The van der Waals surface area contributed by atoms with Gasteiger partial charge in [0.25, 0.3) is 0 Å². The second kappa shape index (κ2) is 6.63. The number of rotatable bonds is 2. The van der Waals surface area contributed by atoms with Gasteiger partial charge in [-0.3, -0.25) is 0 Å². The molecule has 1 N–H and O–H groups in total. The molecule has 5 aromatic rings. The van der Waals surface area contributed by atoms with Crippen molar-refractivity contribution in [2.24, 2.45) is 0 Å². The maximum absolute atomic E-state index is 13.3. The molecule has 3 heterocycles. The second-order valence-corrected chi connectivity index (χ2v) is 7.34. The Hall–Kier alpha value is -4.26. The number of hydrogen-bond donors (Lipinski definition) is 1. The van der Waals surface area contributed by atoms with E-state index in [0.717, 1.165) is 16.7 Å². The molecule has 0 spiro atoms. The molecule has 6 nitrogen and oxygen atoms in total. The predicted octanol–water partition coefficient (Wildman–Crippen LogP) is 4.92. The average Bonchev–Trinajstić information content (AvgIpc) is 3.23. The van der Waals surface area contributed by atoms with Crippen LogP contribution in [0.25, 0.3) is 17.0 Å². The lowest BCUT2D eigenvalue weighted by atomic mass is 9.84. The number of fused-ring (bicyclic) bond motifs is 4. The highest BCUT2D eigenvalue weighted by molar-refractivity contribution is 5.68. The van der Waals surface area contributed by atoms with Gasteiger partial charge in [0.15, 0.2) is 11.5 Å². The second-order valence-electron chi connectivity index (χ2n) is 7.34. The van der Waals surface area contributed by atoms with Crippen LogP contribution in [0.1, 0.15) is 22.6 Å². The highest BCUT2D eigenvalue weighted by Gasteiger charge is 2.33. The maximum Gasteiger partial charge on any atom is 0.228 e. The van der Waals surface area contributed by atoms with Gasteiger partial charge in [-0.25, -0.2) is 18.9 Å². The zero-order valence-corrected chi connectivity index (χ0v) is 16.1. The van der Waals surface area contributed by atoms with Gasteiger partial charge in [0.2, 0.25) is 5.88 Å². The number of ether oxygens (including phenoxy) is 1. The molecule has 0 saturated carbocycles. The Morgan fingerprint density at radius 2 is 1.77 bits per heavy atom. The Morgan fingerprint density at radius 3 is 2.58 bits per heavy atom. The van der Waals surface area contributed by atoms with Crippen molar-refractivity contribution in [3.05, 3.63) is 102 Å². The summed E-state index contributed by atoms with van der Waals surface area (Å²) in [5.74, 6) is 1.04. The monoisotopic (exact) mass is 410 g/mol. The number of aromatic hydroxyl groups is 1. The van der Waals surface area contributed by atoms with Crippen molar-refractivity contribution in [1.82, 2.24) is 19.6 Å². The van der Waals surface area contributed by atoms with Gasteiger partial charge in [-0.05, 0) is 35.9 Å². The van der Waals surface area contributed by atoms with E-state index in [0.29, 0.717) is 28.7 Å². The number of hydrogen-bond acceptors (Lipinski definition) is 5. The minimum atomic E-state index is -0.316. The molecule has 3 aromatic carbocycles. The van der Waals surface area contributed by atoms with E-state index < -0.39 is 0 Å². The molecule has 0 radical (unpaired) electrons. The zero-order chi connectivity index (χ0) is 20.9. The standard InChI is InChI=1S/C24H15FN4O2/c25-16-8-6-15(7-9-16)22-27-23-21-20(14-4-2-1-3-5-14)18-11-10-17(30)12-19(18)31-24(21)26-13-29(23)28-22/h1-13,20,30H/t20-/m1/s1. The number of aromatic nitrogens is 4. The summed E-state index contributed by atoms with van der Waals surface area (Å²) < 4.78 is 21.0. The Balaban J connectivity index is 1.61. The first kappa shape index (κ1) is 17.6. The van der Waals surface area contributed by atoms with Crippen molar-refractivity contribution in [3.63, 3.8) is 0 Å². The molecular weight excluding hydrogens is 395 g/mol. The van der Waals surface area contributed by atoms with Crippen LogP contribution in [0.15, 0.2) is 79.1 Å². The van der Waals surface area contributed by atoms with Gasteiger partial charge >= 0.3 is 0 Å². The van der Waals surface area contributed by atoms with E-state index in [-0.39, 0.29) is 17.5 Å². The summed E-state index contributed by atoms with van der Waals surface area (Å²) in [4.78, 5) is 9.22. The van der Waals surface area contributed by atoms with Gasteiger partial charge < -0.3 is 9.84 Å². The summed E-state index contributed by atoms with van der Waals surface area (Å²) in [6.45, 7) is 0. The van der Waals surface area contributed by atoms with Crippen molar-refractivity contribution >= 4 is 5.65 Å². The molecule has 1 aliphatic heterocycles. The van der Waals surface area contributed by atoms with Crippen LogP contribution < -0.4 is 4.74 Å². The van der Waals surface area contributed by atoms with Gasteiger partial charge in [-0.15, -0.1) is 5.10 Å². The van der Waals surface area contributed by atoms with Crippen LogP contribution >= 0.6 is 0 Å². The minimum Gasteiger partial charge on any atom is -0.508 e. The molecule has 0 unspecified atom stereocenters. The number of benzene rings is 3. The predicted molar refractivity (Wildman–Crippen MR) is 112 cm³/mol. The van der Waals surface area contributed by atoms with Gasteiger partial charge in [0.1, 0.15) is 23.6 Å². The quantitative estimate of drug-likeness (QED) is 0.439. The fraction of sp³-hybridized carbons (Fsp3) is 0.0417. The molecule has 1 atom stereocenters. The first-order valence-corrected chi connectivity index (χ1v) is 9.74. The molecule has 0 saturated heterocycles. The third kappa shape index (κ3) is 2.82. The molecule has 150 valence electrons. The van der Waals surface area contributed by atoms with Crippen molar-refractivity contribution < 1.29 is 14.2 Å². The van der Waals surface area contributed by atoms with Gasteiger partial charge in [-0.2, -0.15) is 0 Å². The smallest absolute Gasteiger partial charge is 0.228 e. The third-order valence-corrected chi connectivity index (χ3v) is 5.43. The van der Waals surface area contributed by atoms with Crippen LogP contribution in [0.2, 0.25) is 0 Å². The summed E-state index contributed by atoms with van der Waals surface area (Å²) in [5.41, 5.74) is 4.04. The van der Waals surface area contributed by atoms with Crippen LogP contribution in [-0.2, 0) is 0 Å². The van der Waals surface area contributed by atoms with Crippen molar-refractivity contribution in [2.45, 2.75) is 5.92 Å². The molecule has 0 amide bonds. The molecule has 0 fully saturated rings. The molecule has 7 heteroatoms. The number of phenolic OH excluding ortho intramolecular Hbond substituents is 1. The summed E-state index contributed by atoms with van der Waals surface area (Å²) in [5, 5.41) is 14.5. The van der Waals surface area contributed by atoms with Gasteiger partial charge in [0, 0.05) is 23.1 Å². The number of nitrogens with zero attached hydrogens (tertiary/aromatic N) is 4. The lowest BCUT2D eigenvalue weighted by molar-refractivity contribution is 0.422. The Kier molecular flexibility index (Phi) is 3.76. The summed E-state index contributed by atoms with van der Waals surface area (Å²) in [6.07, 6.45) is 1.55. The lowest BCUT2D eigenvalue weighted by Crippen LogP contribution is -2.14. The topological polar surface area (TPSA) is 72.5 Å². The number of phenols is 1. The largest absolute Gasteiger partial charge is 0.508 e. The van der Waals surface area contributed by atoms with E-state index in [1.807, 2.05) is 36.4 Å². The highest BCUT2D eigenvalue weighted by atomic mass is 19.1. The van der Waals surface area contributed by atoms with Crippen LogP contribution in [0, 0.1) is 5.82 Å². The summed E-state index contributed by atoms with van der Waals surface area (Å²) >= 11 is 0. The molecule has 31 heavy (non-hydrogen) atoms. The van der Waals surface area contributed by atoms with E-state index in [9.17, 15) is 9.50 Å². The maximum atomic E-state index is 13.3.